The van der Waals surface area contributed by atoms with Crippen molar-refractivity contribution in [2.45, 2.75) is 0 Å². The third kappa shape index (κ3) is 3.46. The highest BCUT2D eigenvalue weighted by molar-refractivity contribution is 6.07. The van der Waals surface area contributed by atoms with Gasteiger partial charge >= 0.3 is 0 Å². The van der Waals surface area contributed by atoms with Gasteiger partial charge in [0.1, 0.15) is 22.7 Å². The number of fused-ring (bicyclic) bond motifs is 2. The molecule has 0 atom stereocenters. The number of para-hydroxylation sites is 2. The number of ether oxygens (including phenoxy) is 2. The predicted molar refractivity (Wildman–Crippen MR) is 119 cm³/mol. The van der Waals surface area contributed by atoms with Crippen molar-refractivity contribution in [2.24, 2.45) is 0 Å². The van der Waals surface area contributed by atoms with Crippen LogP contribution >= 0.6 is 0 Å². The molecule has 31 heavy (non-hydrogen) atoms. The number of oxazole rings is 1. The number of aromatic nitrogens is 2. The van der Waals surface area contributed by atoms with E-state index in [-0.39, 0.29) is 5.91 Å². The van der Waals surface area contributed by atoms with Gasteiger partial charge in [0.05, 0.1) is 19.9 Å². The lowest BCUT2D eigenvalue weighted by Crippen LogP contribution is -2.13. The number of amides is 1. The van der Waals surface area contributed by atoms with Gasteiger partial charge in [0.25, 0.3) is 5.91 Å². The number of nitrogens with one attached hydrogen (secondary N) is 2. The fourth-order valence-corrected chi connectivity index (χ4v) is 3.48. The maximum atomic E-state index is 12.9. The maximum Gasteiger partial charge on any atom is 0.272 e. The fourth-order valence-electron chi connectivity index (χ4n) is 3.48. The average molecular weight is 413 g/mol. The predicted octanol–water partition coefficient (Wildman–Crippen LogP) is 5.25. The Bertz CT molecular complexity index is 1380. The molecule has 154 valence electrons. The Balaban J connectivity index is 1.47. The van der Waals surface area contributed by atoms with Crippen LogP contribution in [-0.4, -0.2) is 30.1 Å². The zero-order valence-electron chi connectivity index (χ0n) is 16.9. The van der Waals surface area contributed by atoms with Gasteiger partial charge in [0, 0.05) is 22.5 Å². The lowest BCUT2D eigenvalue weighted by Gasteiger charge is -2.10. The molecule has 1 amide bonds. The molecule has 2 aromatic heterocycles. The summed E-state index contributed by atoms with van der Waals surface area (Å²) < 4.78 is 16.5. The molecule has 0 saturated carbocycles. The molecule has 2 heterocycles. The van der Waals surface area contributed by atoms with E-state index in [1.165, 1.54) is 0 Å². The Morgan fingerprint density at radius 3 is 2.68 bits per heavy atom. The fraction of sp³-hybridized carbons (Fsp3) is 0.0833. The first-order chi connectivity index (χ1) is 15.1. The summed E-state index contributed by atoms with van der Waals surface area (Å²) in [6, 6.07) is 20.3. The van der Waals surface area contributed by atoms with Gasteiger partial charge in [-0.25, -0.2) is 4.98 Å². The molecule has 0 aliphatic carbocycles. The quantitative estimate of drug-likeness (QED) is 0.411. The number of methoxy groups -OCH3 is 2. The molecule has 0 radical (unpaired) electrons. The van der Waals surface area contributed by atoms with Gasteiger partial charge in [-0.05, 0) is 48.5 Å². The van der Waals surface area contributed by atoms with Gasteiger partial charge in [-0.3, -0.25) is 4.79 Å². The van der Waals surface area contributed by atoms with E-state index in [0.29, 0.717) is 34.4 Å². The largest absolute Gasteiger partial charge is 0.497 e. The molecule has 0 aliphatic rings. The highest BCUT2D eigenvalue weighted by Crippen LogP contribution is 2.32. The lowest BCUT2D eigenvalue weighted by molar-refractivity contribution is 0.102. The van der Waals surface area contributed by atoms with Crippen LogP contribution < -0.4 is 14.8 Å². The van der Waals surface area contributed by atoms with E-state index >= 15 is 0 Å². The molecule has 0 spiro atoms. The maximum absolute atomic E-state index is 12.9. The van der Waals surface area contributed by atoms with Crippen molar-refractivity contribution in [1.29, 1.82) is 0 Å². The van der Waals surface area contributed by atoms with Crippen molar-refractivity contribution < 1.29 is 18.7 Å². The Hall–Kier alpha value is -4.26. The third-order valence-electron chi connectivity index (χ3n) is 5.06. The zero-order valence-corrected chi connectivity index (χ0v) is 16.9. The van der Waals surface area contributed by atoms with Crippen LogP contribution in [0.4, 0.5) is 5.69 Å². The molecule has 0 saturated heterocycles. The number of anilines is 1. The average Bonchev–Trinajstić information content (AvgIpc) is 3.42. The van der Waals surface area contributed by atoms with E-state index in [9.17, 15) is 4.79 Å². The summed E-state index contributed by atoms with van der Waals surface area (Å²) >= 11 is 0. The molecule has 7 heteroatoms. The number of rotatable bonds is 5. The summed E-state index contributed by atoms with van der Waals surface area (Å²) in [5, 5.41) is 3.83. The number of aromatic amines is 1. The summed E-state index contributed by atoms with van der Waals surface area (Å²) in [6.07, 6.45) is 0. The monoisotopic (exact) mass is 413 g/mol. The third-order valence-corrected chi connectivity index (χ3v) is 5.06. The van der Waals surface area contributed by atoms with Crippen LogP contribution in [-0.2, 0) is 0 Å². The number of hydrogen-bond donors (Lipinski definition) is 2. The summed E-state index contributed by atoms with van der Waals surface area (Å²) in [6.45, 7) is 0. The number of H-pyrrole nitrogens is 1. The summed E-state index contributed by atoms with van der Waals surface area (Å²) in [4.78, 5) is 20.6. The second kappa shape index (κ2) is 7.53. The molecule has 0 fully saturated rings. The lowest BCUT2D eigenvalue weighted by atomic mass is 10.1. The van der Waals surface area contributed by atoms with Crippen LogP contribution in [0.3, 0.4) is 0 Å². The van der Waals surface area contributed by atoms with Crippen LogP contribution in [0.25, 0.3) is 33.5 Å². The molecule has 0 unspecified atom stereocenters. The molecule has 2 N–H and O–H groups in total. The molecule has 7 nitrogen and oxygen atoms in total. The molecule has 0 bridgehead atoms. The van der Waals surface area contributed by atoms with Crippen molar-refractivity contribution in [3.05, 3.63) is 72.4 Å². The van der Waals surface area contributed by atoms with Gasteiger partial charge in [-0.2, -0.15) is 0 Å². The summed E-state index contributed by atoms with van der Waals surface area (Å²) in [7, 11) is 3.16. The first-order valence-electron chi connectivity index (χ1n) is 9.67. The van der Waals surface area contributed by atoms with E-state index in [0.717, 1.165) is 22.0 Å². The van der Waals surface area contributed by atoms with Crippen LogP contribution in [0, 0.1) is 0 Å². The van der Waals surface area contributed by atoms with Gasteiger partial charge in [0.2, 0.25) is 5.89 Å². The number of carbonyl (C=O) groups is 1. The normalized spacial score (nSPS) is 11.0. The van der Waals surface area contributed by atoms with Crippen LogP contribution in [0.15, 0.2) is 71.1 Å². The molecule has 5 aromatic rings. The highest BCUT2D eigenvalue weighted by Gasteiger charge is 2.16. The molecular weight excluding hydrogens is 394 g/mol. The van der Waals surface area contributed by atoms with Gasteiger partial charge in [-0.1, -0.05) is 12.1 Å². The zero-order chi connectivity index (χ0) is 21.4. The number of carbonyl (C=O) groups excluding carboxylic acids is 1. The minimum Gasteiger partial charge on any atom is -0.497 e. The smallest absolute Gasteiger partial charge is 0.272 e. The van der Waals surface area contributed by atoms with E-state index in [4.69, 9.17) is 13.9 Å². The van der Waals surface area contributed by atoms with Crippen LogP contribution in [0.5, 0.6) is 11.5 Å². The SMILES string of the molecule is COc1ccc2cc(C(=O)Nc3cc(-c4nc5ccccc5o4)ccc3OC)[nH]c2c1. The first kappa shape index (κ1) is 18.7. The van der Waals surface area contributed by atoms with Crippen molar-refractivity contribution >= 4 is 33.6 Å². The van der Waals surface area contributed by atoms with E-state index < -0.39 is 0 Å². The van der Waals surface area contributed by atoms with Gasteiger partial charge in [0.15, 0.2) is 5.58 Å². The standard InChI is InChI=1S/C24H19N3O4/c1-29-16-9-7-14-11-20(25-18(14)13-16)23(28)26-19-12-15(8-10-21(19)30-2)24-27-17-5-3-4-6-22(17)31-24/h3-13,25H,1-2H3,(H,26,28). The summed E-state index contributed by atoms with van der Waals surface area (Å²) in [5.41, 5.74) is 3.96. The van der Waals surface area contributed by atoms with Crippen molar-refractivity contribution in [1.82, 2.24) is 9.97 Å². The van der Waals surface area contributed by atoms with E-state index in [1.807, 2.05) is 48.5 Å². The second-order valence-corrected chi connectivity index (χ2v) is 6.99. The molecule has 0 aliphatic heterocycles. The number of benzene rings is 3. The Morgan fingerprint density at radius 1 is 1.00 bits per heavy atom. The van der Waals surface area contributed by atoms with Crippen molar-refractivity contribution in [3.63, 3.8) is 0 Å². The number of hydrogen-bond acceptors (Lipinski definition) is 5. The number of nitrogens with zero attached hydrogens (tertiary/aromatic N) is 1. The van der Waals surface area contributed by atoms with Crippen LogP contribution in [0.1, 0.15) is 10.5 Å². The first-order valence-corrected chi connectivity index (χ1v) is 9.67. The van der Waals surface area contributed by atoms with Crippen molar-refractivity contribution in [2.75, 3.05) is 19.5 Å². The molecule has 5 rings (SSSR count). The van der Waals surface area contributed by atoms with Crippen LogP contribution in [0.2, 0.25) is 0 Å². The Kier molecular flexibility index (Phi) is 4.55. The Labute approximate surface area is 177 Å². The van der Waals surface area contributed by atoms with E-state index in [1.54, 1.807) is 32.4 Å². The van der Waals surface area contributed by atoms with E-state index in [2.05, 4.69) is 15.3 Å². The minimum absolute atomic E-state index is 0.289. The minimum atomic E-state index is -0.289. The second-order valence-electron chi connectivity index (χ2n) is 6.99. The molecule has 3 aromatic carbocycles. The van der Waals surface area contributed by atoms with Crippen molar-refractivity contribution in [3.8, 4) is 23.0 Å². The molecular formula is C24H19N3O4. The topological polar surface area (TPSA) is 89.4 Å². The Morgan fingerprint density at radius 2 is 1.87 bits per heavy atom. The van der Waals surface area contributed by atoms with Gasteiger partial charge in [-0.15, -0.1) is 0 Å². The summed E-state index contributed by atoms with van der Waals surface area (Å²) in [5.74, 6) is 1.43. The van der Waals surface area contributed by atoms with Gasteiger partial charge < -0.3 is 24.2 Å². The highest BCUT2D eigenvalue weighted by atomic mass is 16.5.